The molecule has 4 heterocycles. The van der Waals surface area contributed by atoms with E-state index in [1.807, 2.05) is 103 Å². The second-order valence-corrected chi connectivity index (χ2v) is 13.9. The molecule has 11 rings (SSSR count). The summed E-state index contributed by atoms with van der Waals surface area (Å²) in [6, 6.07) is 61.5. The summed E-state index contributed by atoms with van der Waals surface area (Å²) >= 11 is 0. The number of fused-ring (bicyclic) bond motifs is 6. The first-order valence-electron chi connectivity index (χ1n) is 18.5. The first-order valence-corrected chi connectivity index (χ1v) is 18.5. The summed E-state index contributed by atoms with van der Waals surface area (Å²) in [6.45, 7) is 0. The lowest BCUT2D eigenvalue weighted by Gasteiger charge is -2.09. The van der Waals surface area contributed by atoms with Crippen molar-refractivity contribution < 1.29 is 8.83 Å². The molecule has 7 aromatic carbocycles. The third-order valence-corrected chi connectivity index (χ3v) is 10.3. The summed E-state index contributed by atoms with van der Waals surface area (Å²) < 4.78 is 12.8. The molecule has 0 amide bonds. The fraction of sp³-hybridized carbons (Fsp3) is 0. The van der Waals surface area contributed by atoms with E-state index in [1.54, 1.807) is 0 Å². The summed E-state index contributed by atoms with van der Waals surface area (Å²) in [6.07, 6.45) is 0. The van der Waals surface area contributed by atoms with Crippen molar-refractivity contribution in [2.24, 2.45) is 0 Å². The van der Waals surface area contributed by atoms with Gasteiger partial charge in [0, 0.05) is 61.0 Å². The maximum Gasteiger partial charge on any atom is 0.160 e. The van der Waals surface area contributed by atoms with E-state index in [-0.39, 0.29) is 0 Å². The topological polar surface area (TPSA) is 77.8 Å². The van der Waals surface area contributed by atoms with Crippen molar-refractivity contribution in [3.63, 3.8) is 0 Å². The van der Waals surface area contributed by atoms with E-state index < -0.39 is 0 Å². The number of hydrogen-bond donors (Lipinski definition) is 0. The summed E-state index contributed by atoms with van der Waals surface area (Å²) in [5.74, 6) is 1.29. The van der Waals surface area contributed by atoms with E-state index >= 15 is 0 Å². The molecule has 262 valence electrons. The number of furan rings is 2. The zero-order valence-corrected chi connectivity index (χ0v) is 29.9. The van der Waals surface area contributed by atoms with Crippen LogP contribution in [0, 0.1) is 0 Å². The zero-order valence-electron chi connectivity index (χ0n) is 29.9. The highest BCUT2D eigenvalue weighted by Crippen LogP contribution is 2.39. The van der Waals surface area contributed by atoms with Crippen LogP contribution in [0.2, 0.25) is 0 Å². The van der Waals surface area contributed by atoms with Gasteiger partial charge in [0.1, 0.15) is 22.3 Å². The molecule has 11 aromatic rings. The summed E-state index contributed by atoms with van der Waals surface area (Å²) in [5, 5.41) is 3.93. The Labute approximate surface area is 321 Å². The first-order chi connectivity index (χ1) is 27.7. The van der Waals surface area contributed by atoms with Crippen molar-refractivity contribution in [1.82, 2.24) is 19.9 Å². The monoisotopic (exact) mass is 718 g/mol. The third kappa shape index (κ3) is 5.60. The molecule has 0 aliphatic heterocycles. The van der Waals surface area contributed by atoms with Gasteiger partial charge in [0.25, 0.3) is 0 Å². The van der Waals surface area contributed by atoms with Crippen LogP contribution < -0.4 is 0 Å². The van der Waals surface area contributed by atoms with Gasteiger partial charge >= 0.3 is 0 Å². The lowest BCUT2D eigenvalue weighted by atomic mass is 10.0. The maximum absolute atomic E-state index is 6.42. The molecule has 0 spiro atoms. The Hall–Kier alpha value is -7.70. The minimum absolute atomic E-state index is 0.647. The zero-order chi connectivity index (χ0) is 37.0. The quantitative estimate of drug-likeness (QED) is 0.170. The Morgan fingerprint density at radius 2 is 0.571 bits per heavy atom. The first kappa shape index (κ1) is 31.8. The fourth-order valence-electron chi connectivity index (χ4n) is 7.50. The lowest BCUT2D eigenvalue weighted by Crippen LogP contribution is -1.95. The van der Waals surface area contributed by atoms with Crippen LogP contribution in [0.15, 0.2) is 191 Å². The van der Waals surface area contributed by atoms with Crippen LogP contribution >= 0.6 is 0 Å². The van der Waals surface area contributed by atoms with Crippen LogP contribution in [-0.2, 0) is 0 Å². The normalized spacial score (nSPS) is 11.6. The Morgan fingerprint density at radius 1 is 0.250 bits per heavy atom. The minimum atomic E-state index is 0.647. The number of hydrogen-bond acceptors (Lipinski definition) is 6. The Morgan fingerprint density at radius 3 is 0.911 bits per heavy atom. The van der Waals surface area contributed by atoms with E-state index in [0.29, 0.717) is 11.6 Å². The fourth-order valence-corrected chi connectivity index (χ4v) is 7.50. The number of aromatic nitrogens is 4. The van der Waals surface area contributed by atoms with Crippen molar-refractivity contribution in [2.45, 2.75) is 0 Å². The summed E-state index contributed by atoms with van der Waals surface area (Å²) in [5.41, 5.74) is 12.5. The second kappa shape index (κ2) is 13.0. The van der Waals surface area contributed by atoms with Crippen LogP contribution in [0.25, 0.3) is 112 Å². The average molecular weight is 719 g/mol. The molecule has 0 fully saturated rings. The van der Waals surface area contributed by atoms with Crippen molar-refractivity contribution in [3.05, 3.63) is 182 Å². The molecule has 0 saturated heterocycles. The van der Waals surface area contributed by atoms with Crippen molar-refractivity contribution in [2.75, 3.05) is 0 Å². The van der Waals surface area contributed by atoms with Gasteiger partial charge in [-0.2, -0.15) is 0 Å². The van der Waals surface area contributed by atoms with Gasteiger partial charge in [0.05, 0.1) is 22.8 Å². The lowest BCUT2D eigenvalue weighted by molar-refractivity contribution is 0.656. The largest absolute Gasteiger partial charge is 0.456 e. The Kier molecular flexibility index (Phi) is 7.38. The Bertz CT molecular complexity index is 2900. The van der Waals surface area contributed by atoms with Gasteiger partial charge in [0.2, 0.25) is 0 Å². The summed E-state index contributed by atoms with van der Waals surface area (Å²) in [4.78, 5) is 20.3. The minimum Gasteiger partial charge on any atom is -0.456 e. The SMILES string of the molecule is c1ccc(-c2cc(-c3ccccc3)nc(-c3ccc4oc5cc6oc7ccc(-c8nc(-c9ccccc9)cc(-c9ccccc9)n8)cc7c6cc5c4c3)n2)cc1. The van der Waals surface area contributed by atoms with E-state index in [0.717, 1.165) is 100 Å². The van der Waals surface area contributed by atoms with Crippen LogP contribution in [-0.4, -0.2) is 19.9 Å². The van der Waals surface area contributed by atoms with Gasteiger partial charge in [-0.05, 0) is 54.6 Å². The maximum atomic E-state index is 6.42. The molecule has 0 bridgehead atoms. The third-order valence-electron chi connectivity index (χ3n) is 10.3. The predicted molar refractivity (Wildman–Crippen MR) is 225 cm³/mol. The van der Waals surface area contributed by atoms with Crippen LogP contribution in [0.5, 0.6) is 0 Å². The van der Waals surface area contributed by atoms with Gasteiger partial charge in [-0.15, -0.1) is 0 Å². The molecular weight excluding hydrogens is 689 g/mol. The highest BCUT2D eigenvalue weighted by Gasteiger charge is 2.18. The molecule has 56 heavy (non-hydrogen) atoms. The van der Waals surface area contributed by atoms with Crippen LogP contribution in [0.4, 0.5) is 0 Å². The van der Waals surface area contributed by atoms with Crippen molar-refractivity contribution in [1.29, 1.82) is 0 Å². The number of benzene rings is 7. The molecule has 0 unspecified atom stereocenters. The van der Waals surface area contributed by atoms with Crippen molar-refractivity contribution >= 4 is 43.9 Å². The van der Waals surface area contributed by atoms with Crippen molar-refractivity contribution in [3.8, 4) is 67.8 Å². The van der Waals surface area contributed by atoms with Gasteiger partial charge in [-0.3, -0.25) is 0 Å². The van der Waals surface area contributed by atoms with Gasteiger partial charge in [-0.1, -0.05) is 121 Å². The molecule has 0 radical (unpaired) electrons. The summed E-state index contributed by atoms with van der Waals surface area (Å²) in [7, 11) is 0. The standard InChI is InChI=1S/C50H30N4O2/c1-5-13-31(14-6-1)41-28-42(32-15-7-2-8-16-32)52-49(51-41)35-21-23-45-37(25-35)39-27-40-38-26-36(22-24-46(38)56-48(40)30-47(39)55-45)50-53-43(33-17-9-3-10-18-33)29-44(54-50)34-19-11-4-12-20-34/h1-30H. The van der Waals surface area contributed by atoms with E-state index in [2.05, 4.69) is 78.9 Å². The van der Waals surface area contributed by atoms with Gasteiger partial charge in [0.15, 0.2) is 11.6 Å². The molecule has 4 aromatic heterocycles. The van der Waals surface area contributed by atoms with Gasteiger partial charge in [-0.25, -0.2) is 19.9 Å². The molecule has 0 aliphatic carbocycles. The average Bonchev–Trinajstić information content (AvgIpc) is 3.82. The molecule has 0 atom stereocenters. The van der Waals surface area contributed by atoms with Crippen LogP contribution in [0.1, 0.15) is 0 Å². The number of nitrogens with zero attached hydrogens (tertiary/aromatic N) is 4. The van der Waals surface area contributed by atoms with E-state index in [4.69, 9.17) is 28.8 Å². The second-order valence-electron chi connectivity index (χ2n) is 13.9. The highest BCUT2D eigenvalue weighted by molar-refractivity contribution is 6.16. The van der Waals surface area contributed by atoms with Gasteiger partial charge < -0.3 is 8.83 Å². The molecule has 0 N–H and O–H groups in total. The predicted octanol–water partition coefficient (Wildman–Crippen LogP) is 13.1. The van der Waals surface area contributed by atoms with E-state index in [1.165, 1.54) is 0 Å². The number of rotatable bonds is 6. The highest BCUT2D eigenvalue weighted by atomic mass is 16.3. The molecule has 6 heteroatoms. The molecule has 0 saturated carbocycles. The molecule has 0 aliphatic rings. The Balaban J connectivity index is 1.05. The van der Waals surface area contributed by atoms with Crippen LogP contribution in [0.3, 0.4) is 0 Å². The smallest absolute Gasteiger partial charge is 0.160 e. The van der Waals surface area contributed by atoms with E-state index in [9.17, 15) is 0 Å². The molecule has 6 nitrogen and oxygen atoms in total. The molecular formula is C50H30N4O2.